The van der Waals surface area contributed by atoms with Crippen LogP contribution < -0.4 is 17.0 Å². The summed E-state index contributed by atoms with van der Waals surface area (Å²) >= 11 is 0. The number of aliphatic carboxylic acids is 1. The first-order chi connectivity index (χ1) is 6.13. The summed E-state index contributed by atoms with van der Waals surface area (Å²) in [5.74, 6) is 4.29. The Balaban J connectivity index is 2.92. The van der Waals surface area contributed by atoms with E-state index in [0.29, 0.717) is 16.9 Å². The molecule has 1 aromatic rings. The molecular weight excluding hydrogens is 170 g/mol. The summed E-state index contributed by atoms with van der Waals surface area (Å²) in [6.45, 7) is 0. The van der Waals surface area contributed by atoms with Crippen LogP contribution in [0.5, 0.6) is 0 Å². The Hall–Kier alpha value is -1.75. The van der Waals surface area contributed by atoms with Gasteiger partial charge in [-0.25, -0.2) is 0 Å². The number of hydrogen-bond donors (Lipinski definition) is 4. The summed E-state index contributed by atoms with van der Waals surface area (Å²) in [5, 5.41) is 8.52. The summed E-state index contributed by atoms with van der Waals surface area (Å²) in [5.41, 5.74) is 9.63. The van der Waals surface area contributed by atoms with E-state index < -0.39 is 5.97 Å². The summed E-state index contributed by atoms with van der Waals surface area (Å²) in [6, 6.07) is 4.89. The Labute approximate surface area is 75.3 Å². The third-order valence-corrected chi connectivity index (χ3v) is 1.63. The number of nitrogens with one attached hydrogen (secondary N) is 1. The molecule has 0 aromatic heterocycles. The molecule has 0 saturated heterocycles. The van der Waals surface area contributed by atoms with Gasteiger partial charge in [-0.2, -0.15) is 0 Å². The van der Waals surface area contributed by atoms with Crippen LogP contribution in [0.2, 0.25) is 0 Å². The number of carboxylic acids is 1. The second kappa shape index (κ2) is 3.77. The van der Waals surface area contributed by atoms with Crippen LogP contribution in [0, 0.1) is 0 Å². The minimum absolute atomic E-state index is 0.0328. The first-order valence-electron chi connectivity index (χ1n) is 3.70. The van der Waals surface area contributed by atoms with Crippen molar-refractivity contribution in [3.8, 4) is 0 Å². The molecular formula is C8H11N3O2. The fourth-order valence-corrected chi connectivity index (χ4v) is 1.01. The Morgan fingerprint density at radius 1 is 1.54 bits per heavy atom. The second-order valence-electron chi connectivity index (χ2n) is 2.64. The van der Waals surface area contributed by atoms with Crippen LogP contribution in [-0.2, 0) is 11.2 Å². The van der Waals surface area contributed by atoms with Gasteiger partial charge in [0.25, 0.3) is 0 Å². The molecule has 0 radical (unpaired) electrons. The van der Waals surface area contributed by atoms with Crippen molar-refractivity contribution >= 4 is 17.3 Å². The van der Waals surface area contributed by atoms with E-state index in [1.165, 1.54) is 0 Å². The van der Waals surface area contributed by atoms with E-state index in [9.17, 15) is 4.79 Å². The van der Waals surface area contributed by atoms with Crippen molar-refractivity contribution in [2.75, 3.05) is 11.2 Å². The predicted octanol–water partition coefficient (Wildman–Crippen LogP) is 0.181. The summed E-state index contributed by atoms with van der Waals surface area (Å²) < 4.78 is 0. The molecule has 1 aromatic carbocycles. The second-order valence-corrected chi connectivity index (χ2v) is 2.64. The minimum atomic E-state index is -0.882. The molecule has 0 atom stereocenters. The topological polar surface area (TPSA) is 101 Å². The molecule has 0 fully saturated rings. The molecule has 0 aliphatic rings. The molecule has 0 saturated carbocycles. The molecule has 0 heterocycles. The Morgan fingerprint density at radius 2 is 2.23 bits per heavy atom. The molecule has 0 aliphatic carbocycles. The Morgan fingerprint density at radius 3 is 2.77 bits per heavy atom. The maximum Gasteiger partial charge on any atom is 0.307 e. The number of anilines is 2. The largest absolute Gasteiger partial charge is 0.481 e. The zero-order valence-electron chi connectivity index (χ0n) is 6.95. The average molecular weight is 181 g/mol. The normalized spacial score (nSPS) is 9.62. The number of carbonyl (C=O) groups is 1. The maximum atomic E-state index is 10.4. The standard InChI is InChI=1S/C8H11N3O2/c9-6-2-1-5(4-8(12)13)3-7(6)11-10/h1-3,11H,4,9-10H2,(H,12,13). The first-order valence-corrected chi connectivity index (χ1v) is 3.70. The third-order valence-electron chi connectivity index (χ3n) is 1.63. The minimum Gasteiger partial charge on any atom is -0.481 e. The number of hydrogen-bond acceptors (Lipinski definition) is 4. The van der Waals surface area contributed by atoms with Crippen molar-refractivity contribution in [1.82, 2.24) is 0 Å². The van der Waals surface area contributed by atoms with Crippen molar-refractivity contribution in [2.24, 2.45) is 5.84 Å². The van der Waals surface area contributed by atoms with Gasteiger partial charge in [-0.05, 0) is 17.7 Å². The summed E-state index contributed by atoms with van der Waals surface area (Å²) in [6.07, 6.45) is -0.0328. The zero-order valence-corrected chi connectivity index (χ0v) is 6.95. The van der Waals surface area contributed by atoms with Gasteiger partial charge >= 0.3 is 5.97 Å². The predicted molar refractivity (Wildman–Crippen MR) is 50.0 cm³/mol. The number of nitrogen functional groups attached to an aromatic ring is 2. The number of nitrogens with two attached hydrogens (primary N) is 2. The molecule has 6 N–H and O–H groups in total. The average Bonchev–Trinajstić information content (AvgIpc) is 2.07. The molecule has 0 spiro atoms. The Kier molecular flexibility index (Phi) is 2.71. The van der Waals surface area contributed by atoms with Crippen LogP contribution in [0.15, 0.2) is 18.2 Å². The molecule has 1 rings (SSSR count). The fraction of sp³-hybridized carbons (Fsp3) is 0.125. The van der Waals surface area contributed by atoms with Crippen LogP contribution in [0.3, 0.4) is 0 Å². The van der Waals surface area contributed by atoms with E-state index >= 15 is 0 Å². The molecule has 70 valence electrons. The van der Waals surface area contributed by atoms with E-state index in [1.807, 2.05) is 0 Å². The Bertz CT molecular complexity index is 325. The van der Waals surface area contributed by atoms with E-state index in [1.54, 1.807) is 18.2 Å². The summed E-state index contributed by atoms with van der Waals surface area (Å²) in [7, 11) is 0. The maximum absolute atomic E-state index is 10.4. The van der Waals surface area contributed by atoms with Gasteiger partial charge in [0, 0.05) is 0 Å². The fourth-order valence-electron chi connectivity index (χ4n) is 1.01. The molecule has 0 amide bonds. The van der Waals surface area contributed by atoms with Gasteiger partial charge in [-0.1, -0.05) is 6.07 Å². The van der Waals surface area contributed by atoms with Gasteiger partial charge in [0.2, 0.25) is 0 Å². The van der Waals surface area contributed by atoms with Gasteiger partial charge < -0.3 is 16.3 Å². The number of benzene rings is 1. The monoisotopic (exact) mass is 181 g/mol. The van der Waals surface area contributed by atoms with E-state index in [4.69, 9.17) is 16.7 Å². The molecule has 5 heteroatoms. The smallest absolute Gasteiger partial charge is 0.307 e. The lowest BCUT2D eigenvalue weighted by Crippen LogP contribution is -2.10. The molecule has 13 heavy (non-hydrogen) atoms. The van der Waals surface area contributed by atoms with E-state index in [0.717, 1.165) is 0 Å². The number of hydrazine groups is 1. The highest BCUT2D eigenvalue weighted by Gasteiger charge is 2.03. The van der Waals surface area contributed by atoms with Crippen LogP contribution in [-0.4, -0.2) is 11.1 Å². The molecule has 0 bridgehead atoms. The SMILES string of the molecule is NNc1cc(CC(=O)O)ccc1N. The quantitative estimate of drug-likeness (QED) is 0.303. The van der Waals surface area contributed by atoms with E-state index in [2.05, 4.69) is 5.43 Å². The zero-order chi connectivity index (χ0) is 9.84. The third kappa shape index (κ3) is 2.34. The van der Waals surface area contributed by atoms with Crippen LogP contribution >= 0.6 is 0 Å². The first kappa shape index (κ1) is 9.34. The highest BCUT2D eigenvalue weighted by Crippen LogP contribution is 2.18. The van der Waals surface area contributed by atoms with Crippen LogP contribution in [0.1, 0.15) is 5.56 Å². The van der Waals surface area contributed by atoms with Crippen molar-refractivity contribution in [3.63, 3.8) is 0 Å². The van der Waals surface area contributed by atoms with Gasteiger partial charge in [0.1, 0.15) is 0 Å². The summed E-state index contributed by atoms with van der Waals surface area (Å²) in [4.78, 5) is 10.4. The lowest BCUT2D eigenvalue weighted by atomic mass is 10.1. The highest BCUT2D eigenvalue weighted by atomic mass is 16.4. The van der Waals surface area contributed by atoms with Crippen molar-refractivity contribution in [1.29, 1.82) is 0 Å². The van der Waals surface area contributed by atoms with Crippen LogP contribution in [0.25, 0.3) is 0 Å². The number of rotatable bonds is 3. The van der Waals surface area contributed by atoms with E-state index in [-0.39, 0.29) is 6.42 Å². The molecule has 0 aliphatic heterocycles. The van der Waals surface area contributed by atoms with Gasteiger partial charge in [-0.15, -0.1) is 0 Å². The van der Waals surface area contributed by atoms with Gasteiger partial charge in [0.15, 0.2) is 0 Å². The number of carboxylic acid groups (broad SMARTS) is 1. The van der Waals surface area contributed by atoms with Gasteiger partial charge in [0.05, 0.1) is 17.8 Å². The molecule has 0 unspecified atom stereocenters. The lowest BCUT2D eigenvalue weighted by Gasteiger charge is -2.05. The molecule has 5 nitrogen and oxygen atoms in total. The van der Waals surface area contributed by atoms with Gasteiger partial charge in [-0.3, -0.25) is 10.6 Å². The van der Waals surface area contributed by atoms with Crippen LogP contribution in [0.4, 0.5) is 11.4 Å². The van der Waals surface area contributed by atoms with Crippen molar-refractivity contribution in [2.45, 2.75) is 6.42 Å². The van der Waals surface area contributed by atoms with Crippen molar-refractivity contribution in [3.05, 3.63) is 23.8 Å². The lowest BCUT2D eigenvalue weighted by molar-refractivity contribution is -0.136. The van der Waals surface area contributed by atoms with Crippen molar-refractivity contribution < 1.29 is 9.90 Å². The highest BCUT2D eigenvalue weighted by molar-refractivity contribution is 5.73.